The molecule has 24 heavy (non-hydrogen) atoms. The standard InChI is InChI=1S/C19H20FN3O/c20-17-5-6-19(16(9-17)10-21)22-11-18(24)13-23-8-7-14-3-1-2-4-15(14)12-23/h1-6,9,18,22,24H,7-8,11-13H2. The second-order valence-corrected chi connectivity index (χ2v) is 6.09. The van der Waals surface area contributed by atoms with Crippen LogP contribution in [-0.2, 0) is 13.0 Å². The van der Waals surface area contributed by atoms with Crippen LogP contribution < -0.4 is 5.32 Å². The molecule has 1 atom stereocenters. The van der Waals surface area contributed by atoms with Gasteiger partial charge in [-0.05, 0) is 35.7 Å². The SMILES string of the molecule is N#Cc1cc(F)ccc1NCC(O)CN1CCc2ccccc2C1. The fraction of sp³-hybridized carbons (Fsp3) is 0.316. The zero-order valence-electron chi connectivity index (χ0n) is 13.4. The summed E-state index contributed by atoms with van der Waals surface area (Å²) in [6.07, 6.45) is 0.430. The number of aliphatic hydroxyl groups is 1. The minimum atomic E-state index is -0.563. The molecule has 0 amide bonds. The van der Waals surface area contributed by atoms with E-state index in [1.807, 2.05) is 12.1 Å². The van der Waals surface area contributed by atoms with E-state index in [1.54, 1.807) is 0 Å². The molecule has 0 aliphatic carbocycles. The Morgan fingerprint density at radius 2 is 2.04 bits per heavy atom. The van der Waals surface area contributed by atoms with Crippen LogP contribution in [-0.4, -0.2) is 35.7 Å². The van der Waals surface area contributed by atoms with Gasteiger partial charge < -0.3 is 10.4 Å². The average molecular weight is 325 g/mol. The van der Waals surface area contributed by atoms with E-state index in [9.17, 15) is 9.50 Å². The highest BCUT2D eigenvalue weighted by Crippen LogP contribution is 2.19. The van der Waals surface area contributed by atoms with Crippen molar-refractivity contribution in [1.82, 2.24) is 4.90 Å². The summed E-state index contributed by atoms with van der Waals surface area (Å²) in [6, 6.07) is 14.4. The Morgan fingerprint density at radius 3 is 2.83 bits per heavy atom. The van der Waals surface area contributed by atoms with E-state index >= 15 is 0 Å². The van der Waals surface area contributed by atoms with Gasteiger partial charge in [0.05, 0.1) is 17.4 Å². The van der Waals surface area contributed by atoms with Crippen LogP contribution in [0.4, 0.5) is 10.1 Å². The number of β-amino-alcohol motifs (C(OH)–C–C–N with tert-alkyl or cyclic N) is 1. The monoisotopic (exact) mass is 325 g/mol. The van der Waals surface area contributed by atoms with Crippen molar-refractivity contribution in [2.24, 2.45) is 0 Å². The number of nitrogens with one attached hydrogen (secondary N) is 1. The molecular formula is C19H20FN3O. The summed E-state index contributed by atoms with van der Waals surface area (Å²) in [7, 11) is 0. The van der Waals surface area contributed by atoms with Crippen LogP contribution in [0.3, 0.4) is 0 Å². The molecule has 0 radical (unpaired) electrons. The van der Waals surface area contributed by atoms with E-state index in [0.717, 1.165) is 19.5 Å². The van der Waals surface area contributed by atoms with Gasteiger partial charge in [0.1, 0.15) is 11.9 Å². The molecule has 1 aliphatic heterocycles. The van der Waals surface area contributed by atoms with Gasteiger partial charge >= 0.3 is 0 Å². The Balaban J connectivity index is 1.54. The van der Waals surface area contributed by atoms with Crippen molar-refractivity contribution in [3.05, 3.63) is 65.0 Å². The van der Waals surface area contributed by atoms with E-state index in [4.69, 9.17) is 5.26 Å². The average Bonchev–Trinajstić information content (AvgIpc) is 2.60. The predicted molar refractivity (Wildman–Crippen MR) is 91.0 cm³/mol. The van der Waals surface area contributed by atoms with Crippen LogP contribution >= 0.6 is 0 Å². The van der Waals surface area contributed by atoms with Gasteiger partial charge in [-0.3, -0.25) is 4.90 Å². The molecule has 4 nitrogen and oxygen atoms in total. The molecule has 1 unspecified atom stereocenters. The number of aliphatic hydroxyl groups excluding tert-OH is 1. The number of rotatable bonds is 5. The lowest BCUT2D eigenvalue weighted by Gasteiger charge is -2.30. The lowest BCUT2D eigenvalue weighted by atomic mass is 10.00. The van der Waals surface area contributed by atoms with Crippen LogP contribution in [0.5, 0.6) is 0 Å². The molecular weight excluding hydrogens is 305 g/mol. The van der Waals surface area contributed by atoms with Gasteiger partial charge in [-0.15, -0.1) is 0 Å². The number of hydrogen-bond donors (Lipinski definition) is 2. The zero-order chi connectivity index (χ0) is 16.9. The van der Waals surface area contributed by atoms with E-state index in [2.05, 4.69) is 28.4 Å². The first kappa shape index (κ1) is 16.4. The van der Waals surface area contributed by atoms with Crippen molar-refractivity contribution in [2.75, 3.05) is 25.0 Å². The van der Waals surface area contributed by atoms with Gasteiger partial charge in [0.2, 0.25) is 0 Å². The minimum absolute atomic E-state index is 0.245. The third kappa shape index (κ3) is 3.91. The summed E-state index contributed by atoms with van der Waals surface area (Å²) in [5, 5.41) is 22.3. The number of anilines is 1. The Bertz CT molecular complexity index is 757. The first-order valence-corrected chi connectivity index (χ1v) is 8.06. The highest BCUT2D eigenvalue weighted by molar-refractivity contribution is 5.57. The molecule has 0 aromatic heterocycles. The molecule has 5 heteroatoms. The third-order valence-electron chi connectivity index (χ3n) is 4.31. The van der Waals surface area contributed by atoms with Crippen molar-refractivity contribution in [3.63, 3.8) is 0 Å². The lowest BCUT2D eigenvalue weighted by molar-refractivity contribution is 0.114. The van der Waals surface area contributed by atoms with Gasteiger partial charge in [0.25, 0.3) is 0 Å². The van der Waals surface area contributed by atoms with Gasteiger partial charge in [-0.1, -0.05) is 24.3 Å². The maximum Gasteiger partial charge on any atom is 0.124 e. The number of nitriles is 1. The Labute approximate surface area is 141 Å². The molecule has 0 saturated carbocycles. The van der Waals surface area contributed by atoms with Gasteiger partial charge in [-0.25, -0.2) is 4.39 Å². The molecule has 0 fully saturated rings. The Hall–Kier alpha value is -2.42. The van der Waals surface area contributed by atoms with Crippen LogP contribution in [0.15, 0.2) is 42.5 Å². The first-order chi connectivity index (χ1) is 11.7. The molecule has 0 saturated heterocycles. The van der Waals surface area contributed by atoms with Crippen molar-refractivity contribution < 1.29 is 9.50 Å². The summed E-state index contributed by atoms with van der Waals surface area (Å²) in [6.45, 7) is 2.64. The zero-order valence-corrected chi connectivity index (χ0v) is 13.4. The van der Waals surface area contributed by atoms with Crippen LogP contribution in [0.25, 0.3) is 0 Å². The second-order valence-electron chi connectivity index (χ2n) is 6.09. The molecule has 3 rings (SSSR count). The maximum absolute atomic E-state index is 13.1. The molecule has 1 heterocycles. The Morgan fingerprint density at radius 1 is 1.25 bits per heavy atom. The minimum Gasteiger partial charge on any atom is -0.390 e. The molecule has 0 bridgehead atoms. The van der Waals surface area contributed by atoms with Crippen LogP contribution in [0, 0.1) is 17.1 Å². The molecule has 2 aromatic rings. The van der Waals surface area contributed by atoms with E-state index in [0.29, 0.717) is 18.8 Å². The topological polar surface area (TPSA) is 59.3 Å². The quantitative estimate of drug-likeness (QED) is 0.887. The fourth-order valence-corrected chi connectivity index (χ4v) is 3.06. The summed E-state index contributed by atoms with van der Waals surface area (Å²) in [5.41, 5.74) is 3.48. The first-order valence-electron chi connectivity index (χ1n) is 8.06. The van der Waals surface area contributed by atoms with Crippen molar-refractivity contribution in [3.8, 4) is 6.07 Å². The predicted octanol–water partition coefficient (Wildman–Crippen LogP) is 2.53. The summed E-state index contributed by atoms with van der Waals surface area (Å²) in [5.74, 6) is -0.440. The third-order valence-corrected chi connectivity index (χ3v) is 4.31. The van der Waals surface area contributed by atoms with Crippen LogP contribution in [0.2, 0.25) is 0 Å². The highest BCUT2D eigenvalue weighted by atomic mass is 19.1. The smallest absolute Gasteiger partial charge is 0.124 e. The van der Waals surface area contributed by atoms with E-state index in [1.165, 1.54) is 29.3 Å². The second kappa shape index (κ2) is 7.43. The Kier molecular flexibility index (Phi) is 5.09. The maximum atomic E-state index is 13.1. The number of fused-ring (bicyclic) bond motifs is 1. The molecule has 124 valence electrons. The summed E-state index contributed by atoms with van der Waals surface area (Å²) >= 11 is 0. The van der Waals surface area contributed by atoms with Gasteiger partial charge in [0.15, 0.2) is 0 Å². The summed E-state index contributed by atoms with van der Waals surface area (Å²) < 4.78 is 13.1. The largest absolute Gasteiger partial charge is 0.390 e. The van der Waals surface area contributed by atoms with Crippen LogP contribution in [0.1, 0.15) is 16.7 Å². The van der Waals surface area contributed by atoms with Crippen molar-refractivity contribution in [2.45, 2.75) is 19.1 Å². The number of halogens is 1. The van der Waals surface area contributed by atoms with Gasteiger partial charge in [-0.2, -0.15) is 5.26 Å². The molecule has 1 aliphatic rings. The highest BCUT2D eigenvalue weighted by Gasteiger charge is 2.18. The van der Waals surface area contributed by atoms with Gasteiger partial charge in [0, 0.05) is 26.2 Å². The fourth-order valence-electron chi connectivity index (χ4n) is 3.06. The van der Waals surface area contributed by atoms with E-state index in [-0.39, 0.29) is 5.56 Å². The van der Waals surface area contributed by atoms with Crippen molar-refractivity contribution in [1.29, 1.82) is 5.26 Å². The normalized spacial score (nSPS) is 15.4. The summed E-state index contributed by atoms with van der Waals surface area (Å²) in [4.78, 5) is 2.23. The lowest BCUT2D eigenvalue weighted by Crippen LogP contribution is -2.39. The number of hydrogen-bond acceptors (Lipinski definition) is 4. The number of benzene rings is 2. The molecule has 2 N–H and O–H groups in total. The number of nitrogens with zero attached hydrogens (tertiary/aromatic N) is 2. The molecule has 0 spiro atoms. The van der Waals surface area contributed by atoms with Crippen molar-refractivity contribution >= 4 is 5.69 Å². The van der Waals surface area contributed by atoms with E-state index < -0.39 is 11.9 Å². The molecule has 2 aromatic carbocycles.